The van der Waals surface area contributed by atoms with E-state index in [0.717, 1.165) is 74.5 Å². The van der Waals surface area contributed by atoms with E-state index in [2.05, 4.69) is 6.92 Å². The first-order chi connectivity index (χ1) is 18.1. The molecule has 1 aliphatic carbocycles. The lowest BCUT2D eigenvalue weighted by Gasteiger charge is -2.29. The molecule has 1 aliphatic rings. The molecule has 0 heterocycles. The minimum absolute atomic E-state index is 0.0378. The van der Waals surface area contributed by atoms with Gasteiger partial charge in [0.2, 0.25) is 0 Å². The van der Waals surface area contributed by atoms with Gasteiger partial charge in [0.1, 0.15) is 23.2 Å². The number of benzene rings is 3. The molecule has 0 spiro atoms. The highest BCUT2D eigenvalue weighted by Gasteiger charge is 2.26. The van der Waals surface area contributed by atoms with Crippen LogP contribution in [0.5, 0.6) is 5.75 Å². The predicted molar refractivity (Wildman–Crippen MR) is 137 cm³/mol. The summed E-state index contributed by atoms with van der Waals surface area (Å²) in [7, 11) is 0. The first kappa shape index (κ1) is 27.9. The van der Waals surface area contributed by atoms with E-state index in [0.29, 0.717) is 12.4 Å². The molecule has 0 saturated heterocycles. The molecule has 0 unspecified atom stereocenters. The topological polar surface area (TPSA) is 9.23 Å². The number of fused-ring (bicyclic) bond motifs is 1. The molecular formula is C31H30F6O. The van der Waals surface area contributed by atoms with Gasteiger partial charge in [0, 0.05) is 11.3 Å². The van der Waals surface area contributed by atoms with Crippen LogP contribution in [-0.2, 0) is 6.42 Å². The van der Waals surface area contributed by atoms with Gasteiger partial charge in [0.05, 0.1) is 12.2 Å². The zero-order valence-corrected chi connectivity index (χ0v) is 21.2. The van der Waals surface area contributed by atoms with Crippen LogP contribution in [0.15, 0.2) is 42.5 Å². The van der Waals surface area contributed by atoms with Crippen LogP contribution < -0.4 is 4.74 Å². The van der Waals surface area contributed by atoms with Gasteiger partial charge in [-0.1, -0.05) is 37.8 Å². The van der Waals surface area contributed by atoms with Crippen LogP contribution in [0.3, 0.4) is 0 Å². The van der Waals surface area contributed by atoms with Crippen LogP contribution in [0.1, 0.15) is 74.5 Å². The molecular weight excluding hydrogens is 502 g/mol. The Kier molecular flexibility index (Phi) is 8.91. The second-order valence-corrected chi connectivity index (χ2v) is 10.0. The third-order valence-corrected chi connectivity index (χ3v) is 7.24. The molecule has 0 radical (unpaired) electrons. The number of unbranched alkanes of at least 4 members (excludes halogenated alkanes) is 2. The molecule has 1 fully saturated rings. The monoisotopic (exact) mass is 532 g/mol. The lowest BCUT2D eigenvalue weighted by molar-refractivity contribution is -0.0696. The lowest BCUT2D eigenvalue weighted by Crippen LogP contribution is -2.20. The summed E-state index contributed by atoms with van der Waals surface area (Å²) in [6.45, 7) is 2.56. The number of rotatable bonds is 8. The van der Waals surface area contributed by atoms with E-state index in [1.54, 1.807) is 12.0 Å². The second-order valence-electron chi connectivity index (χ2n) is 10.0. The molecule has 0 atom stereocenters. The number of alkyl halides is 3. The van der Waals surface area contributed by atoms with E-state index in [-0.39, 0.29) is 28.4 Å². The van der Waals surface area contributed by atoms with Gasteiger partial charge >= 0.3 is 6.18 Å². The molecule has 3 aromatic carbocycles. The van der Waals surface area contributed by atoms with Gasteiger partial charge in [0.15, 0.2) is 0 Å². The summed E-state index contributed by atoms with van der Waals surface area (Å²) in [5.41, 5.74) is 0.909. The molecule has 7 heteroatoms. The van der Waals surface area contributed by atoms with Crippen LogP contribution in [0.2, 0.25) is 0 Å². The Hall–Kier alpha value is -3.14. The van der Waals surface area contributed by atoms with E-state index in [1.165, 1.54) is 18.2 Å². The fourth-order valence-corrected chi connectivity index (χ4v) is 5.14. The van der Waals surface area contributed by atoms with Crippen LogP contribution >= 0.6 is 0 Å². The van der Waals surface area contributed by atoms with Gasteiger partial charge in [0.25, 0.3) is 0 Å². The van der Waals surface area contributed by atoms with Gasteiger partial charge in [-0.3, -0.25) is 0 Å². The molecule has 202 valence electrons. The first-order valence-corrected chi connectivity index (χ1v) is 13.1. The predicted octanol–water partition coefficient (Wildman–Crippen LogP) is 9.26. The Morgan fingerprint density at radius 3 is 2.34 bits per heavy atom. The molecule has 1 nitrogen and oxygen atoms in total. The van der Waals surface area contributed by atoms with Gasteiger partial charge < -0.3 is 4.74 Å². The highest BCUT2D eigenvalue weighted by molar-refractivity contribution is 5.86. The Balaban J connectivity index is 1.34. The molecule has 0 bridgehead atoms. The van der Waals surface area contributed by atoms with Crippen molar-refractivity contribution >= 4 is 10.8 Å². The van der Waals surface area contributed by atoms with Crippen LogP contribution in [0, 0.1) is 35.2 Å². The lowest BCUT2D eigenvalue weighted by atomic mass is 9.78. The molecule has 0 aromatic heterocycles. The van der Waals surface area contributed by atoms with Crippen molar-refractivity contribution in [3.63, 3.8) is 0 Å². The summed E-state index contributed by atoms with van der Waals surface area (Å²) in [5, 5.41) is 0.136. The van der Waals surface area contributed by atoms with Crippen molar-refractivity contribution in [2.45, 2.75) is 70.4 Å². The summed E-state index contributed by atoms with van der Waals surface area (Å²) in [6.07, 6.45) is 2.86. The van der Waals surface area contributed by atoms with Crippen molar-refractivity contribution in [2.24, 2.45) is 5.92 Å². The Labute approximate surface area is 219 Å². The Morgan fingerprint density at radius 2 is 1.66 bits per heavy atom. The van der Waals surface area contributed by atoms with Crippen LogP contribution in [-0.4, -0.2) is 12.8 Å². The van der Waals surface area contributed by atoms with E-state index in [4.69, 9.17) is 4.74 Å². The van der Waals surface area contributed by atoms with Crippen molar-refractivity contribution < 1.29 is 31.1 Å². The quantitative estimate of drug-likeness (QED) is 0.160. The average Bonchev–Trinajstić information content (AvgIpc) is 2.87. The molecule has 3 aromatic rings. The zero-order chi connectivity index (χ0) is 27.3. The van der Waals surface area contributed by atoms with Gasteiger partial charge in [-0.2, -0.15) is 13.2 Å². The summed E-state index contributed by atoms with van der Waals surface area (Å²) in [5.74, 6) is 0.892. The fraction of sp³-hybridized carbons (Fsp3) is 0.419. The van der Waals surface area contributed by atoms with E-state index in [9.17, 15) is 26.3 Å². The molecule has 0 N–H and O–H groups in total. The fourth-order valence-electron chi connectivity index (χ4n) is 5.14. The van der Waals surface area contributed by atoms with E-state index in [1.807, 2.05) is 12.1 Å². The van der Waals surface area contributed by atoms with Crippen molar-refractivity contribution in [3.05, 3.63) is 76.6 Å². The zero-order valence-electron chi connectivity index (χ0n) is 21.2. The Bertz CT molecular complexity index is 1330. The van der Waals surface area contributed by atoms with Gasteiger partial charge in [-0.25, -0.2) is 13.2 Å². The number of aryl methyl sites for hydroxylation is 1. The summed E-state index contributed by atoms with van der Waals surface area (Å²) in [4.78, 5) is 0. The number of halogens is 6. The van der Waals surface area contributed by atoms with Gasteiger partial charge in [-0.15, -0.1) is 0 Å². The molecule has 1 saturated carbocycles. The highest BCUT2D eigenvalue weighted by atomic mass is 19.4. The highest BCUT2D eigenvalue weighted by Crippen LogP contribution is 2.37. The maximum atomic E-state index is 14.8. The normalized spacial score (nSPS) is 17.8. The third-order valence-electron chi connectivity index (χ3n) is 7.24. The van der Waals surface area contributed by atoms with E-state index < -0.39 is 23.4 Å². The molecule has 0 aliphatic heterocycles. The minimum atomic E-state index is -4.85. The Morgan fingerprint density at radius 1 is 0.895 bits per heavy atom. The smallest absolute Gasteiger partial charge is 0.458 e. The molecule has 4 rings (SSSR count). The number of ether oxygens (including phenoxy) is 1. The number of hydrogen-bond donors (Lipinski definition) is 0. The summed E-state index contributed by atoms with van der Waals surface area (Å²) < 4.78 is 86.6. The third kappa shape index (κ3) is 7.03. The summed E-state index contributed by atoms with van der Waals surface area (Å²) in [6, 6.07) is 10.9. The summed E-state index contributed by atoms with van der Waals surface area (Å²) >= 11 is 0. The maximum Gasteiger partial charge on any atom is 0.458 e. The number of hydrogen-bond acceptors (Lipinski definition) is 1. The van der Waals surface area contributed by atoms with Crippen molar-refractivity contribution in [3.8, 4) is 17.6 Å². The minimum Gasteiger partial charge on any atom is -0.493 e. The standard InChI is InChI=1S/C31H30F6O/c1-2-3-4-5-20-8-12-25(28(32)16-20)22-9-6-21(7-10-22)19-38-24-11-13-26-23(17-24)18-29(33)27(30(26)34)14-15-31(35,36)37/h8,11-13,16-18,21-22H,2-7,9-10,19H2,1H3. The van der Waals surface area contributed by atoms with Crippen LogP contribution in [0.4, 0.5) is 26.3 Å². The maximum absolute atomic E-state index is 14.8. The molecule has 0 amide bonds. The van der Waals surface area contributed by atoms with E-state index >= 15 is 0 Å². The SMILES string of the molecule is CCCCCc1ccc(C2CCC(COc3ccc4c(F)c(C#CC(F)(F)F)c(F)cc4c3)CC2)c(F)c1. The second kappa shape index (κ2) is 12.1. The van der Waals surface area contributed by atoms with Gasteiger partial charge in [-0.05, 0) is 97.2 Å². The van der Waals surface area contributed by atoms with Crippen molar-refractivity contribution in [1.82, 2.24) is 0 Å². The van der Waals surface area contributed by atoms with Crippen molar-refractivity contribution in [2.75, 3.05) is 6.61 Å². The first-order valence-electron chi connectivity index (χ1n) is 13.1. The van der Waals surface area contributed by atoms with Crippen molar-refractivity contribution in [1.29, 1.82) is 0 Å². The molecule has 38 heavy (non-hydrogen) atoms. The largest absolute Gasteiger partial charge is 0.493 e. The average molecular weight is 533 g/mol. The van der Waals surface area contributed by atoms with Crippen LogP contribution in [0.25, 0.3) is 10.8 Å².